The summed E-state index contributed by atoms with van der Waals surface area (Å²) in [5.41, 5.74) is 0.928. The molecule has 0 saturated heterocycles. The molecule has 0 spiro atoms. The zero-order chi connectivity index (χ0) is 32.3. The van der Waals surface area contributed by atoms with Crippen LogP contribution in [0, 0.1) is 5.92 Å². The highest BCUT2D eigenvalue weighted by atomic mass is 16.6. The second-order valence-electron chi connectivity index (χ2n) is 12.1. The molecule has 0 bridgehead atoms. The average Bonchev–Trinajstić information content (AvgIpc) is 2.97. The van der Waals surface area contributed by atoms with Crippen molar-refractivity contribution in [2.24, 2.45) is 5.92 Å². The number of benzene rings is 2. The number of aliphatic hydroxyl groups excluding tert-OH is 1. The molecule has 238 valence electrons. The zero-order valence-corrected chi connectivity index (χ0v) is 26.2. The monoisotopic (exact) mass is 607 g/mol. The van der Waals surface area contributed by atoms with Crippen LogP contribution in [0.15, 0.2) is 66.3 Å². The fourth-order valence-corrected chi connectivity index (χ4v) is 4.93. The lowest BCUT2D eigenvalue weighted by molar-refractivity contribution is -0.144. The molecule has 0 aromatic heterocycles. The molecule has 3 unspecified atom stereocenters. The molecule has 0 heterocycles. The van der Waals surface area contributed by atoms with Crippen LogP contribution in [0.5, 0.6) is 0 Å². The molecule has 4 N–H and O–H groups in total. The molecule has 0 fully saturated rings. The van der Waals surface area contributed by atoms with Crippen LogP contribution in [0.4, 0.5) is 4.79 Å². The number of nitrogens with one attached hydrogen (secondary N) is 3. The smallest absolute Gasteiger partial charge is 0.408 e. The molecule has 0 radical (unpaired) electrons. The van der Waals surface area contributed by atoms with Crippen LogP contribution in [0.2, 0.25) is 0 Å². The van der Waals surface area contributed by atoms with Gasteiger partial charge in [0.25, 0.3) is 5.91 Å². The maximum absolute atomic E-state index is 13.6. The molecular weight excluding hydrogens is 562 g/mol. The van der Waals surface area contributed by atoms with E-state index in [9.17, 15) is 24.3 Å². The quantitative estimate of drug-likeness (QED) is 0.251. The standard InChI is InChI=1S/C34H45N3O7/c1-6-11-27(30(39)32(41)35-20-29(38)43-21-23-13-9-12-22(2)18-23)36-31(40)28(37-33(42)44-34(3,4)5)19-25-16-10-15-24-14-7-8-17-26(24)25/h7-10,13-18,22,27-28,30,39H,6,11-12,19-21H2,1-5H3,(H,35,41)(H,36,40)(H,37,42)/t22?,27?,28-,30?/m0/s1. The Labute approximate surface area is 259 Å². The lowest BCUT2D eigenvalue weighted by Crippen LogP contribution is -2.56. The van der Waals surface area contributed by atoms with Gasteiger partial charge in [0.05, 0.1) is 6.04 Å². The van der Waals surface area contributed by atoms with Crippen LogP contribution in [0.3, 0.4) is 0 Å². The second kappa shape index (κ2) is 16.0. The summed E-state index contributed by atoms with van der Waals surface area (Å²) in [7, 11) is 0. The second-order valence-corrected chi connectivity index (χ2v) is 12.1. The highest BCUT2D eigenvalue weighted by Gasteiger charge is 2.31. The Morgan fingerprint density at radius 3 is 2.45 bits per heavy atom. The van der Waals surface area contributed by atoms with Gasteiger partial charge in [-0.25, -0.2) is 4.79 Å². The summed E-state index contributed by atoms with van der Waals surface area (Å²) in [6, 6.07) is 11.4. The van der Waals surface area contributed by atoms with E-state index in [1.807, 2.05) is 67.6 Å². The molecule has 2 aromatic rings. The van der Waals surface area contributed by atoms with Crippen molar-refractivity contribution >= 4 is 34.6 Å². The number of carbonyl (C=O) groups excluding carboxylic acids is 4. The van der Waals surface area contributed by atoms with Gasteiger partial charge in [0.1, 0.15) is 24.8 Å². The predicted octanol–water partition coefficient (Wildman–Crippen LogP) is 4.10. The number of fused-ring (bicyclic) bond motifs is 1. The van der Waals surface area contributed by atoms with E-state index in [0.29, 0.717) is 12.3 Å². The highest BCUT2D eigenvalue weighted by Crippen LogP contribution is 2.21. The molecule has 0 saturated carbocycles. The molecular formula is C34H45N3O7. The summed E-state index contributed by atoms with van der Waals surface area (Å²) in [6.07, 6.45) is 5.43. The topological polar surface area (TPSA) is 143 Å². The zero-order valence-electron chi connectivity index (χ0n) is 26.2. The molecule has 1 aliphatic carbocycles. The third-order valence-corrected chi connectivity index (χ3v) is 7.03. The number of hydrogen-bond donors (Lipinski definition) is 4. The van der Waals surface area contributed by atoms with Gasteiger partial charge in [0.15, 0.2) is 6.10 Å². The molecule has 10 nitrogen and oxygen atoms in total. The van der Waals surface area contributed by atoms with E-state index in [2.05, 4.69) is 22.9 Å². The van der Waals surface area contributed by atoms with Crippen molar-refractivity contribution < 1.29 is 33.8 Å². The van der Waals surface area contributed by atoms with Crippen molar-refractivity contribution in [2.45, 2.75) is 84.1 Å². The number of esters is 1. The largest absolute Gasteiger partial charge is 0.460 e. The minimum absolute atomic E-state index is 0.0926. The number of ether oxygens (including phenoxy) is 2. The number of carbonyl (C=O) groups is 4. The average molecular weight is 608 g/mol. The van der Waals surface area contributed by atoms with Crippen molar-refractivity contribution in [1.29, 1.82) is 0 Å². The molecule has 10 heteroatoms. The lowest BCUT2D eigenvalue weighted by Gasteiger charge is -2.27. The van der Waals surface area contributed by atoms with Gasteiger partial charge >= 0.3 is 12.1 Å². The summed E-state index contributed by atoms with van der Waals surface area (Å²) < 4.78 is 10.7. The van der Waals surface area contributed by atoms with Gasteiger partial charge in [-0.05, 0) is 61.4 Å². The van der Waals surface area contributed by atoms with Crippen LogP contribution in [0.1, 0.15) is 59.4 Å². The van der Waals surface area contributed by atoms with Crippen molar-refractivity contribution in [1.82, 2.24) is 16.0 Å². The van der Waals surface area contributed by atoms with Crippen molar-refractivity contribution in [3.8, 4) is 0 Å². The number of alkyl carbamates (subject to hydrolysis) is 1. The van der Waals surface area contributed by atoms with E-state index in [1.165, 1.54) is 0 Å². The Morgan fingerprint density at radius 1 is 1.02 bits per heavy atom. The van der Waals surface area contributed by atoms with E-state index in [-0.39, 0.29) is 19.4 Å². The molecule has 3 amide bonds. The summed E-state index contributed by atoms with van der Waals surface area (Å²) in [5.74, 6) is -1.69. The van der Waals surface area contributed by atoms with Gasteiger partial charge in [-0.2, -0.15) is 0 Å². The van der Waals surface area contributed by atoms with Gasteiger partial charge in [0, 0.05) is 6.42 Å². The predicted molar refractivity (Wildman–Crippen MR) is 169 cm³/mol. The third-order valence-electron chi connectivity index (χ3n) is 7.03. The molecule has 4 atom stereocenters. The highest BCUT2D eigenvalue weighted by molar-refractivity contribution is 5.90. The Hall–Kier alpha value is -4.18. The fraction of sp³-hybridized carbons (Fsp3) is 0.471. The summed E-state index contributed by atoms with van der Waals surface area (Å²) in [6.45, 7) is 8.74. The first-order valence-electron chi connectivity index (χ1n) is 15.1. The number of allylic oxidation sites excluding steroid dienone is 2. The van der Waals surface area contributed by atoms with Crippen molar-refractivity contribution in [3.05, 3.63) is 71.8 Å². The Kier molecular flexibility index (Phi) is 12.5. The number of amides is 3. The van der Waals surface area contributed by atoms with Crippen LogP contribution in [-0.2, 0) is 30.3 Å². The summed E-state index contributed by atoms with van der Waals surface area (Å²) >= 11 is 0. The SMILES string of the molecule is CCCC(NC(=O)[C@H](Cc1cccc2ccccc12)NC(=O)OC(C)(C)C)C(O)C(=O)NCC(=O)OCC1=CC(C)CC=C1. The van der Waals surface area contributed by atoms with Gasteiger partial charge in [0.2, 0.25) is 5.91 Å². The minimum Gasteiger partial charge on any atom is -0.460 e. The first kappa shape index (κ1) is 34.3. The van der Waals surface area contributed by atoms with Crippen LogP contribution in [-0.4, -0.2) is 65.9 Å². The van der Waals surface area contributed by atoms with Gasteiger partial charge < -0.3 is 30.5 Å². The first-order valence-corrected chi connectivity index (χ1v) is 15.1. The maximum atomic E-state index is 13.6. The van der Waals surface area contributed by atoms with E-state index in [1.54, 1.807) is 20.8 Å². The molecule has 2 aromatic carbocycles. The Morgan fingerprint density at radius 2 is 1.75 bits per heavy atom. The van der Waals surface area contributed by atoms with Crippen LogP contribution < -0.4 is 16.0 Å². The molecule has 3 rings (SSSR count). The Balaban J connectivity index is 1.67. The molecule has 1 aliphatic rings. The maximum Gasteiger partial charge on any atom is 0.408 e. The normalized spacial score (nSPS) is 16.7. The lowest BCUT2D eigenvalue weighted by atomic mass is 9.97. The van der Waals surface area contributed by atoms with E-state index >= 15 is 0 Å². The molecule has 44 heavy (non-hydrogen) atoms. The van der Waals surface area contributed by atoms with E-state index < -0.39 is 54.2 Å². The summed E-state index contributed by atoms with van der Waals surface area (Å²) in [5, 5.41) is 20.6. The fourth-order valence-electron chi connectivity index (χ4n) is 4.93. The minimum atomic E-state index is -1.64. The van der Waals surface area contributed by atoms with E-state index in [0.717, 1.165) is 28.3 Å². The van der Waals surface area contributed by atoms with Gasteiger partial charge in [-0.1, -0.05) is 81.0 Å². The number of rotatable bonds is 13. The summed E-state index contributed by atoms with van der Waals surface area (Å²) in [4.78, 5) is 51.4. The first-order chi connectivity index (χ1) is 20.9. The number of aliphatic hydroxyl groups is 1. The van der Waals surface area contributed by atoms with Crippen molar-refractivity contribution in [3.63, 3.8) is 0 Å². The molecule has 0 aliphatic heterocycles. The van der Waals surface area contributed by atoms with Gasteiger partial charge in [-0.3, -0.25) is 14.4 Å². The number of hydrogen-bond acceptors (Lipinski definition) is 7. The van der Waals surface area contributed by atoms with Crippen molar-refractivity contribution in [2.75, 3.05) is 13.2 Å². The Bertz CT molecular complexity index is 1370. The van der Waals surface area contributed by atoms with Gasteiger partial charge in [-0.15, -0.1) is 0 Å². The third kappa shape index (κ3) is 10.8. The van der Waals surface area contributed by atoms with E-state index in [4.69, 9.17) is 9.47 Å². The van der Waals surface area contributed by atoms with Crippen LogP contribution in [0.25, 0.3) is 10.8 Å². The van der Waals surface area contributed by atoms with Crippen LogP contribution >= 0.6 is 0 Å².